The highest BCUT2D eigenvalue weighted by Crippen LogP contribution is 2.33. The molecule has 0 aliphatic carbocycles. The van der Waals surface area contributed by atoms with Gasteiger partial charge in [0.05, 0.1) is 23.7 Å². The summed E-state index contributed by atoms with van der Waals surface area (Å²) in [7, 11) is -3.69. The van der Waals surface area contributed by atoms with Crippen molar-refractivity contribution in [1.82, 2.24) is 10.2 Å². The Morgan fingerprint density at radius 2 is 1.45 bits per heavy atom. The third kappa shape index (κ3) is 8.58. The standard InChI is InChI=1S/C21H22F3NO5S.C10H13NO.ClH/c1-4-29-16-6-5-14-11-25(12-15(14)9-16)20(26)18-10-17(31(3,27)28)7-8-19(18)30-13(2)21(22,23)24;1-2-12-10-4-3-8-6-11-7-9(8)5-10;/h5-10,13H,4,11-12H2,1-3H3;3-5,11H,2,6-7H2,1H3;1H/t13-;;/m0../s1. The minimum Gasteiger partial charge on any atom is -0.494 e. The molecule has 8 nitrogen and oxygen atoms in total. The summed E-state index contributed by atoms with van der Waals surface area (Å²) in [6.45, 7) is 8.33. The first-order valence-electron chi connectivity index (χ1n) is 13.9. The van der Waals surface area contributed by atoms with Gasteiger partial charge in [0.25, 0.3) is 5.91 Å². The van der Waals surface area contributed by atoms with E-state index < -0.39 is 28.0 Å². The van der Waals surface area contributed by atoms with E-state index in [1.165, 1.54) is 16.0 Å². The Bertz CT molecular complexity index is 1580. The van der Waals surface area contributed by atoms with Crippen molar-refractivity contribution in [3.63, 3.8) is 0 Å². The van der Waals surface area contributed by atoms with Crippen LogP contribution in [0.4, 0.5) is 13.2 Å². The number of sulfone groups is 1. The van der Waals surface area contributed by atoms with Gasteiger partial charge in [-0.3, -0.25) is 4.79 Å². The van der Waals surface area contributed by atoms with Gasteiger partial charge in [-0.15, -0.1) is 12.4 Å². The fraction of sp³-hybridized carbons (Fsp3) is 0.387. The fourth-order valence-corrected chi connectivity index (χ4v) is 5.38. The quantitative estimate of drug-likeness (QED) is 0.314. The van der Waals surface area contributed by atoms with Gasteiger partial charge in [0.1, 0.15) is 17.2 Å². The lowest BCUT2D eigenvalue weighted by atomic mass is 10.1. The molecule has 44 heavy (non-hydrogen) atoms. The van der Waals surface area contributed by atoms with E-state index in [1.54, 1.807) is 6.07 Å². The van der Waals surface area contributed by atoms with Gasteiger partial charge in [-0.1, -0.05) is 12.1 Å². The molecule has 0 radical (unpaired) electrons. The van der Waals surface area contributed by atoms with Crippen LogP contribution in [-0.4, -0.2) is 51.0 Å². The molecule has 240 valence electrons. The topological polar surface area (TPSA) is 94.2 Å². The lowest BCUT2D eigenvalue weighted by Crippen LogP contribution is -2.32. The summed E-state index contributed by atoms with van der Waals surface area (Å²) in [4.78, 5) is 14.4. The summed E-state index contributed by atoms with van der Waals surface area (Å²) in [5.74, 6) is 0.690. The van der Waals surface area contributed by atoms with E-state index in [1.807, 2.05) is 32.0 Å². The Kier molecular flexibility index (Phi) is 11.6. The van der Waals surface area contributed by atoms with Crippen LogP contribution in [-0.2, 0) is 36.0 Å². The molecule has 0 saturated carbocycles. The Morgan fingerprint density at radius 1 is 0.886 bits per heavy atom. The molecule has 1 N–H and O–H groups in total. The van der Waals surface area contributed by atoms with E-state index in [9.17, 15) is 26.4 Å². The number of carbonyl (C=O) groups excluding carboxylic acids is 1. The highest BCUT2D eigenvalue weighted by atomic mass is 35.5. The molecule has 0 unspecified atom stereocenters. The van der Waals surface area contributed by atoms with Crippen LogP contribution in [0.3, 0.4) is 0 Å². The molecule has 0 fully saturated rings. The van der Waals surface area contributed by atoms with Gasteiger partial charge in [0, 0.05) is 32.4 Å². The fourth-order valence-electron chi connectivity index (χ4n) is 4.74. The number of rotatable bonds is 8. The van der Waals surface area contributed by atoms with E-state index in [2.05, 4.69) is 17.4 Å². The second-order valence-corrected chi connectivity index (χ2v) is 12.2. The molecule has 2 aliphatic heterocycles. The van der Waals surface area contributed by atoms with Gasteiger partial charge in [0.2, 0.25) is 0 Å². The summed E-state index contributed by atoms with van der Waals surface area (Å²) in [6, 6.07) is 15.0. The van der Waals surface area contributed by atoms with E-state index in [0.717, 1.165) is 68.0 Å². The molecule has 13 heteroatoms. The smallest absolute Gasteiger partial charge is 0.425 e. The molecule has 3 aromatic carbocycles. The predicted molar refractivity (Wildman–Crippen MR) is 162 cm³/mol. The second-order valence-electron chi connectivity index (χ2n) is 10.2. The number of nitrogens with zero attached hydrogens (tertiary/aromatic N) is 1. The normalized spacial score (nSPS) is 14.4. The Hall–Kier alpha value is -3.48. The number of halogens is 4. The molecule has 3 aromatic rings. The van der Waals surface area contributed by atoms with Crippen LogP contribution in [0.5, 0.6) is 17.2 Å². The lowest BCUT2D eigenvalue weighted by molar-refractivity contribution is -0.189. The first kappa shape index (κ1) is 35.0. The largest absolute Gasteiger partial charge is 0.494 e. The van der Waals surface area contributed by atoms with Crippen molar-refractivity contribution in [2.75, 3.05) is 19.5 Å². The van der Waals surface area contributed by atoms with Gasteiger partial charge in [-0.25, -0.2) is 8.42 Å². The van der Waals surface area contributed by atoms with Crippen molar-refractivity contribution in [1.29, 1.82) is 0 Å². The van der Waals surface area contributed by atoms with E-state index in [-0.39, 0.29) is 41.7 Å². The van der Waals surface area contributed by atoms with Gasteiger partial charge < -0.3 is 24.4 Å². The summed E-state index contributed by atoms with van der Waals surface area (Å²) in [6.07, 6.45) is -5.86. The Labute approximate surface area is 261 Å². The van der Waals surface area contributed by atoms with E-state index in [0.29, 0.717) is 12.4 Å². The molecular formula is C31H36ClF3N2O6S. The number of hydrogen-bond donors (Lipinski definition) is 1. The van der Waals surface area contributed by atoms with Crippen molar-refractivity contribution < 1.29 is 40.6 Å². The minimum atomic E-state index is -4.64. The van der Waals surface area contributed by atoms with Crippen LogP contribution < -0.4 is 19.5 Å². The van der Waals surface area contributed by atoms with Crippen molar-refractivity contribution in [2.24, 2.45) is 0 Å². The van der Waals surface area contributed by atoms with E-state index >= 15 is 0 Å². The number of amides is 1. The van der Waals surface area contributed by atoms with Gasteiger partial charge >= 0.3 is 6.18 Å². The maximum Gasteiger partial charge on any atom is 0.425 e. The van der Waals surface area contributed by atoms with Crippen LogP contribution in [0.1, 0.15) is 53.4 Å². The molecular weight excluding hydrogens is 621 g/mol. The Morgan fingerprint density at radius 3 is 2.05 bits per heavy atom. The number of alkyl halides is 3. The zero-order chi connectivity index (χ0) is 31.4. The number of ether oxygens (including phenoxy) is 3. The van der Waals surface area contributed by atoms with Crippen LogP contribution in [0.2, 0.25) is 0 Å². The van der Waals surface area contributed by atoms with Crippen LogP contribution >= 0.6 is 12.4 Å². The molecule has 2 aliphatic rings. The van der Waals surface area contributed by atoms with Crippen molar-refractivity contribution in [3.8, 4) is 17.2 Å². The number of nitrogens with one attached hydrogen (secondary N) is 1. The Balaban J connectivity index is 0.000000339. The average Bonchev–Trinajstić information content (AvgIpc) is 3.59. The van der Waals surface area contributed by atoms with Gasteiger partial charge in [-0.2, -0.15) is 13.2 Å². The first-order chi connectivity index (χ1) is 20.3. The number of hydrogen-bond acceptors (Lipinski definition) is 7. The summed E-state index contributed by atoms with van der Waals surface area (Å²) in [5.41, 5.74) is 4.27. The highest BCUT2D eigenvalue weighted by Gasteiger charge is 2.39. The van der Waals surface area contributed by atoms with Gasteiger partial charge in [-0.05, 0) is 85.5 Å². The zero-order valence-corrected chi connectivity index (χ0v) is 26.5. The van der Waals surface area contributed by atoms with Crippen molar-refractivity contribution in [3.05, 3.63) is 82.4 Å². The summed E-state index contributed by atoms with van der Waals surface area (Å²) < 4.78 is 78.7. The SMILES string of the molecule is CCOc1ccc2c(c1)CN(C(=O)c1cc(S(C)(=O)=O)ccc1O[C@@H](C)C(F)(F)F)C2.CCOc1ccc2c(c1)CNC2.Cl. The molecule has 1 atom stereocenters. The average molecular weight is 657 g/mol. The second kappa shape index (κ2) is 14.5. The third-order valence-corrected chi connectivity index (χ3v) is 8.10. The molecule has 0 spiro atoms. The third-order valence-electron chi connectivity index (χ3n) is 6.99. The number of benzene rings is 3. The molecule has 2 heterocycles. The molecule has 0 bridgehead atoms. The molecule has 1 amide bonds. The van der Waals surface area contributed by atoms with E-state index in [4.69, 9.17) is 14.2 Å². The van der Waals surface area contributed by atoms with Crippen molar-refractivity contribution in [2.45, 2.75) is 64.1 Å². The van der Waals surface area contributed by atoms with Crippen molar-refractivity contribution >= 4 is 28.2 Å². The van der Waals surface area contributed by atoms with Gasteiger partial charge in [0.15, 0.2) is 15.9 Å². The minimum absolute atomic E-state index is 0. The predicted octanol–water partition coefficient (Wildman–Crippen LogP) is 6.08. The number of carbonyl (C=O) groups is 1. The molecule has 0 aromatic heterocycles. The summed E-state index contributed by atoms with van der Waals surface area (Å²) in [5, 5.41) is 3.30. The first-order valence-corrected chi connectivity index (χ1v) is 15.8. The highest BCUT2D eigenvalue weighted by molar-refractivity contribution is 7.90. The zero-order valence-electron chi connectivity index (χ0n) is 24.9. The molecule has 0 saturated heterocycles. The monoisotopic (exact) mass is 656 g/mol. The maximum atomic E-state index is 13.2. The summed E-state index contributed by atoms with van der Waals surface area (Å²) >= 11 is 0. The lowest BCUT2D eigenvalue weighted by Gasteiger charge is -2.22. The maximum absolute atomic E-state index is 13.2. The van der Waals surface area contributed by atoms with Crippen LogP contribution in [0.15, 0.2) is 59.5 Å². The van der Waals surface area contributed by atoms with Crippen LogP contribution in [0, 0.1) is 0 Å². The number of fused-ring (bicyclic) bond motifs is 2. The van der Waals surface area contributed by atoms with Crippen LogP contribution in [0.25, 0.3) is 0 Å². The molecule has 5 rings (SSSR count).